The van der Waals surface area contributed by atoms with Crippen molar-refractivity contribution in [3.8, 4) is 5.75 Å². The molecule has 0 aliphatic carbocycles. The summed E-state index contributed by atoms with van der Waals surface area (Å²) < 4.78 is 11.0. The van der Waals surface area contributed by atoms with Gasteiger partial charge in [-0.05, 0) is 81.2 Å². The lowest BCUT2D eigenvalue weighted by Gasteiger charge is -2.24. The largest absolute Gasteiger partial charge is 0.476 e. The van der Waals surface area contributed by atoms with Crippen molar-refractivity contribution in [1.29, 1.82) is 0 Å². The van der Waals surface area contributed by atoms with Gasteiger partial charge in [-0.3, -0.25) is 9.69 Å². The van der Waals surface area contributed by atoms with Crippen molar-refractivity contribution < 1.29 is 19.1 Å². The number of esters is 1. The number of hydrogen-bond donors (Lipinski definition) is 0. The number of nitrogens with zero attached hydrogens (tertiary/aromatic N) is 1. The van der Waals surface area contributed by atoms with E-state index in [2.05, 4.69) is 29.2 Å². The van der Waals surface area contributed by atoms with E-state index < -0.39 is 5.60 Å². The molecule has 0 spiro atoms. The first-order chi connectivity index (χ1) is 18.8. The zero-order valence-corrected chi connectivity index (χ0v) is 24.2. The van der Waals surface area contributed by atoms with Gasteiger partial charge in [-0.25, -0.2) is 4.79 Å². The molecule has 1 fully saturated rings. The number of likely N-dealkylation sites (tertiary alicyclic amines) is 1. The molecular formula is C33H39NO4S. The highest BCUT2D eigenvalue weighted by Crippen LogP contribution is 2.32. The van der Waals surface area contributed by atoms with Crippen LogP contribution in [-0.4, -0.2) is 48.2 Å². The van der Waals surface area contributed by atoms with Gasteiger partial charge in [-0.15, -0.1) is 11.8 Å². The molecule has 1 aliphatic rings. The van der Waals surface area contributed by atoms with Gasteiger partial charge in [0.2, 0.25) is 0 Å². The second kappa shape index (κ2) is 13.3. The van der Waals surface area contributed by atoms with Gasteiger partial charge in [-0.2, -0.15) is 0 Å². The number of thioether (sulfide) groups is 1. The van der Waals surface area contributed by atoms with E-state index in [9.17, 15) is 9.59 Å². The van der Waals surface area contributed by atoms with Crippen LogP contribution in [0.5, 0.6) is 5.75 Å². The van der Waals surface area contributed by atoms with Gasteiger partial charge in [0.1, 0.15) is 5.75 Å². The molecule has 0 aromatic heterocycles. The topological polar surface area (TPSA) is 55.8 Å². The summed E-state index contributed by atoms with van der Waals surface area (Å²) in [6.07, 6.45) is 3.85. The molecule has 3 aromatic carbocycles. The van der Waals surface area contributed by atoms with Crippen LogP contribution in [0.25, 0.3) is 0 Å². The summed E-state index contributed by atoms with van der Waals surface area (Å²) in [5.74, 6) is 0.748. The average molecular weight is 546 g/mol. The Bertz CT molecular complexity index is 1220. The molecule has 0 amide bonds. The molecular weight excluding hydrogens is 506 g/mol. The first-order valence-electron chi connectivity index (χ1n) is 13.7. The lowest BCUT2D eigenvalue weighted by atomic mass is 9.85. The van der Waals surface area contributed by atoms with E-state index in [0.29, 0.717) is 12.4 Å². The van der Waals surface area contributed by atoms with E-state index in [1.165, 1.54) is 16.0 Å². The molecule has 2 atom stereocenters. The van der Waals surface area contributed by atoms with E-state index in [4.69, 9.17) is 9.47 Å². The normalized spacial score (nSPS) is 17.6. The second-order valence-corrected chi connectivity index (χ2v) is 11.5. The SMILES string of the molecule is CCOC(=O)C(C)(C)Oc1ccc(CC[C@H]2CN(Cc3ccccc3)C[C@@H]2C(=O)c2ccc(SC)cc2)cc1. The summed E-state index contributed by atoms with van der Waals surface area (Å²) in [4.78, 5) is 29.4. The summed E-state index contributed by atoms with van der Waals surface area (Å²) in [7, 11) is 0. The number of rotatable bonds is 12. The molecule has 5 nitrogen and oxygen atoms in total. The van der Waals surface area contributed by atoms with Crippen LogP contribution < -0.4 is 4.74 Å². The maximum atomic E-state index is 13.7. The number of carbonyl (C=O) groups is 2. The summed E-state index contributed by atoms with van der Waals surface area (Å²) in [5, 5.41) is 0. The Kier molecular flexibility index (Phi) is 9.87. The molecule has 3 aromatic rings. The third-order valence-corrected chi connectivity index (χ3v) is 8.09. The lowest BCUT2D eigenvalue weighted by Crippen LogP contribution is -2.39. The van der Waals surface area contributed by atoms with Crippen LogP contribution in [0.4, 0.5) is 0 Å². The Hall–Kier alpha value is -3.09. The van der Waals surface area contributed by atoms with Gasteiger partial charge in [0.05, 0.1) is 6.61 Å². The number of benzene rings is 3. The van der Waals surface area contributed by atoms with Crippen molar-refractivity contribution >= 4 is 23.5 Å². The minimum absolute atomic E-state index is 0.0261. The maximum Gasteiger partial charge on any atom is 0.349 e. The first kappa shape index (κ1) is 28.9. The van der Waals surface area contributed by atoms with Crippen molar-refractivity contribution in [2.45, 2.75) is 50.7 Å². The third kappa shape index (κ3) is 7.74. The standard InChI is InChI=1S/C33H39NO4S/c1-5-37-32(36)33(2,3)38-28-17-12-24(13-18-28)11-14-27-22-34(21-25-9-7-6-8-10-25)23-30(27)31(35)26-15-19-29(39-4)20-16-26/h6-10,12-13,15-20,27,30H,5,11,14,21-23H2,1-4H3/t27-,30-/m0/s1. The van der Waals surface area contributed by atoms with Crippen LogP contribution in [0.15, 0.2) is 83.8 Å². The first-order valence-corrected chi connectivity index (χ1v) is 14.9. The van der Waals surface area contributed by atoms with Crippen LogP contribution in [0.1, 0.15) is 48.7 Å². The highest BCUT2D eigenvalue weighted by atomic mass is 32.2. The van der Waals surface area contributed by atoms with Gasteiger partial charge in [0.15, 0.2) is 11.4 Å². The fourth-order valence-electron chi connectivity index (χ4n) is 5.21. The van der Waals surface area contributed by atoms with Crippen LogP contribution in [0, 0.1) is 11.8 Å². The van der Waals surface area contributed by atoms with Crippen molar-refractivity contribution in [3.63, 3.8) is 0 Å². The quantitative estimate of drug-likeness (QED) is 0.144. The highest BCUT2D eigenvalue weighted by molar-refractivity contribution is 7.98. The van der Waals surface area contributed by atoms with Crippen molar-refractivity contribution in [3.05, 3.63) is 95.6 Å². The molecule has 1 heterocycles. The fraction of sp³-hybridized carbons (Fsp3) is 0.394. The Balaban J connectivity index is 1.43. The van der Waals surface area contributed by atoms with Crippen molar-refractivity contribution in [2.24, 2.45) is 11.8 Å². The smallest absolute Gasteiger partial charge is 0.349 e. The summed E-state index contributed by atoms with van der Waals surface area (Å²) in [5.41, 5.74) is 2.21. The zero-order chi connectivity index (χ0) is 27.8. The molecule has 0 bridgehead atoms. The number of ketones is 1. The number of carbonyl (C=O) groups excluding carboxylic acids is 2. The molecule has 4 rings (SSSR count). The summed E-state index contributed by atoms with van der Waals surface area (Å²) in [6.45, 7) is 8.07. The second-order valence-electron chi connectivity index (χ2n) is 10.7. The molecule has 206 valence electrons. The Labute approximate surface area is 236 Å². The van der Waals surface area contributed by atoms with Crippen molar-refractivity contribution in [1.82, 2.24) is 4.90 Å². The van der Waals surface area contributed by atoms with E-state index in [1.807, 2.05) is 60.9 Å². The van der Waals surface area contributed by atoms with Gasteiger partial charge >= 0.3 is 5.97 Å². The van der Waals surface area contributed by atoms with Gasteiger partial charge in [0.25, 0.3) is 0 Å². The summed E-state index contributed by atoms with van der Waals surface area (Å²) in [6, 6.07) is 26.4. The predicted octanol–water partition coefficient (Wildman–Crippen LogP) is 6.69. The number of ether oxygens (including phenoxy) is 2. The molecule has 1 aliphatic heterocycles. The minimum Gasteiger partial charge on any atom is -0.476 e. The molecule has 0 unspecified atom stereocenters. The van der Waals surface area contributed by atoms with E-state index >= 15 is 0 Å². The van der Waals surface area contributed by atoms with Gasteiger partial charge in [0, 0.05) is 36.0 Å². The average Bonchev–Trinajstić information content (AvgIpc) is 3.35. The number of Topliss-reactive ketones (excluding diaryl/α,β-unsaturated/α-hetero) is 1. The molecule has 0 saturated carbocycles. The summed E-state index contributed by atoms with van der Waals surface area (Å²) >= 11 is 1.69. The molecule has 1 saturated heterocycles. The molecule has 0 N–H and O–H groups in total. The Morgan fingerprint density at radius 1 is 0.923 bits per heavy atom. The predicted molar refractivity (Wildman–Crippen MR) is 157 cm³/mol. The maximum absolute atomic E-state index is 13.7. The Morgan fingerprint density at radius 3 is 2.26 bits per heavy atom. The van der Waals surface area contributed by atoms with Crippen molar-refractivity contribution in [2.75, 3.05) is 26.0 Å². The van der Waals surface area contributed by atoms with Crippen LogP contribution in [-0.2, 0) is 22.5 Å². The van der Waals surface area contributed by atoms with E-state index in [0.717, 1.165) is 38.0 Å². The van der Waals surface area contributed by atoms with E-state index in [-0.39, 0.29) is 23.6 Å². The van der Waals surface area contributed by atoms with Gasteiger partial charge < -0.3 is 9.47 Å². The number of hydrogen-bond acceptors (Lipinski definition) is 6. The third-order valence-electron chi connectivity index (χ3n) is 7.34. The Morgan fingerprint density at radius 2 is 1.62 bits per heavy atom. The monoisotopic (exact) mass is 545 g/mol. The minimum atomic E-state index is -1.05. The molecule has 39 heavy (non-hydrogen) atoms. The van der Waals surface area contributed by atoms with E-state index in [1.54, 1.807) is 32.5 Å². The fourth-order valence-corrected chi connectivity index (χ4v) is 5.62. The van der Waals surface area contributed by atoms with Gasteiger partial charge in [-0.1, -0.05) is 54.6 Å². The number of aryl methyl sites for hydroxylation is 1. The highest BCUT2D eigenvalue weighted by Gasteiger charge is 2.37. The molecule has 0 radical (unpaired) electrons. The lowest BCUT2D eigenvalue weighted by molar-refractivity contribution is -0.158. The van der Waals surface area contributed by atoms with Crippen LogP contribution in [0.3, 0.4) is 0 Å². The van der Waals surface area contributed by atoms with Crippen LogP contribution in [0.2, 0.25) is 0 Å². The van der Waals surface area contributed by atoms with Crippen LogP contribution >= 0.6 is 11.8 Å². The molecule has 6 heteroatoms. The zero-order valence-electron chi connectivity index (χ0n) is 23.4.